The van der Waals surface area contributed by atoms with E-state index in [1.165, 1.54) is 6.07 Å². The van der Waals surface area contributed by atoms with E-state index in [9.17, 15) is 26.4 Å². The second-order valence-corrected chi connectivity index (χ2v) is 7.45. The zero-order chi connectivity index (χ0) is 18.4. The van der Waals surface area contributed by atoms with Crippen molar-refractivity contribution in [3.05, 3.63) is 34.4 Å². The number of rotatable bonds is 5. The first-order valence-electron chi connectivity index (χ1n) is 7.67. The van der Waals surface area contributed by atoms with Crippen molar-refractivity contribution in [3.8, 4) is 5.75 Å². The molecule has 0 atom stereocenters. The number of ether oxygens (including phenoxy) is 1. The zero-order valence-electron chi connectivity index (χ0n) is 13.2. The molecule has 1 fully saturated rings. The Balaban J connectivity index is 1.95. The van der Waals surface area contributed by atoms with Crippen LogP contribution < -0.4 is 4.18 Å². The summed E-state index contributed by atoms with van der Waals surface area (Å²) < 4.78 is 69.8. The van der Waals surface area contributed by atoms with Gasteiger partial charge in [-0.05, 0) is 60.6 Å². The average Bonchev–Trinajstić information content (AvgIpc) is 3.25. The molecule has 136 valence electrons. The summed E-state index contributed by atoms with van der Waals surface area (Å²) in [6.07, 6.45) is 3.26. The number of carbonyl (C=O) groups is 1. The molecule has 0 aliphatic heterocycles. The Labute approximate surface area is 142 Å². The molecule has 0 aromatic heterocycles. The summed E-state index contributed by atoms with van der Waals surface area (Å²) in [7, 11) is -5.74. The molecule has 0 radical (unpaired) electrons. The molecule has 2 aliphatic rings. The SMILES string of the molecule is CCOC(=O)C1=Cc2cc(C3CC3)c(OS(=O)(=O)C(F)(F)F)cc2C1. The lowest BCUT2D eigenvalue weighted by Gasteiger charge is -2.14. The number of esters is 1. The second-order valence-electron chi connectivity index (χ2n) is 5.91. The minimum Gasteiger partial charge on any atom is -0.463 e. The third-order valence-corrected chi connectivity index (χ3v) is 4.99. The van der Waals surface area contributed by atoms with Crippen LogP contribution >= 0.6 is 0 Å². The van der Waals surface area contributed by atoms with Gasteiger partial charge in [0.1, 0.15) is 5.75 Å². The predicted octanol–water partition coefficient (Wildman–Crippen LogP) is 3.30. The van der Waals surface area contributed by atoms with E-state index in [1.54, 1.807) is 19.1 Å². The maximum absolute atomic E-state index is 12.6. The van der Waals surface area contributed by atoms with E-state index >= 15 is 0 Å². The molecule has 25 heavy (non-hydrogen) atoms. The summed E-state index contributed by atoms with van der Waals surface area (Å²) in [5.74, 6) is -0.863. The largest absolute Gasteiger partial charge is 0.534 e. The summed E-state index contributed by atoms with van der Waals surface area (Å²) in [6.45, 7) is 1.87. The molecule has 0 heterocycles. The van der Waals surface area contributed by atoms with Gasteiger partial charge in [0.2, 0.25) is 0 Å². The maximum Gasteiger partial charge on any atom is 0.534 e. The molecule has 0 amide bonds. The van der Waals surface area contributed by atoms with E-state index in [0.717, 1.165) is 12.8 Å². The van der Waals surface area contributed by atoms with Gasteiger partial charge in [-0.1, -0.05) is 0 Å². The van der Waals surface area contributed by atoms with E-state index in [-0.39, 0.29) is 24.7 Å². The summed E-state index contributed by atoms with van der Waals surface area (Å²) >= 11 is 0. The molecule has 0 N–H and O–H groups in total. The summed E-state index contributed by atoms with van der Waals surface area (Å²) in [5, 5.41) is 0. The van der Waals surface area contributed by atoms with E-state index in [4.69, 9.17) is 4.74 Å². The van der Waals surface area contributed by atoms with Gasteiger partial charge in [-0.15, -0.1) is 0 Å². The molecular formula is C16H15F3O5S. The van der Waals surface area contributed by atoms with E-state index in [1.807, 2.05) is 0 Å². The average molecular weight is 376 g/mol. The van der Waals surface area contributed by atoms with Crippen LogP contribution in [0, 0.1) is 0 Å². The molecule has 0 saturated heterocycles. The fourth-order valence-electron chi connectivity index (χ4n) is 2.69. The van der Waals surface area contributed by atoms with Crippen LogP contribution in [0.5, 0.6) is 5.75 Å². The van der Waals surface area contributed by atoms with Crippen LogP contribution in [0.4, 0.5) is 13.2 Å². The first-order valence-corrected chi connectivity index (χ1v) is 9.08. The van der Waals surface area contributed by atoms with Gasteiger partial charge >= 0.3 is 21.6 Å². The predicted molar refractivity (Wildman–Crippen MR) is 82.3 cm³/mol. The highest BCUT2D eigenvalue weighted by Crippen LogP contribution is 2.47. The van der Waals surface area contributed by atoms with Gasteiger partial charge in [0.05, 0.1) is 6.61 Å². The standard InChI is InChI=1S/C16H15F3O5S/c1-2-23-15(20)12-5-10-7-13(9-3-4-9)14(8-11(10)6-12)24-25(21,22)16(17,18)19/h5,7-9H,2-4,6H2,1H3. The highest BCUT2D eigenvalue weighted by Gasteiger charge is 2.49. The fourth-order valence-corrected chi connectivity index (χ4v) is 3.17. The van der Waals surface area contributed by atoms with Crippen LogP contribution in [0.2, 0.25) is 0 Å². The molecule has 1 aromatic rings. The lowest BCUT2D eigenvalue weighted by Crippen LogP contribution is -2.28. The van der Waals surface area contributed by atoms with Crippen molar-refractivity contribution in [3.63, 3.8) is 0 Å². The van der Waals surface area contributed by atoms with E-state index in [0.29, 0.717) is 22.3 Å². The zero-order valence-corrected chi connectivity index (χ0v) is 14.0. The highest BCUT2D eigenvalue weighted by molar-refractivity contribution is 7.88. The Morgan fingerprint density at radius 3 is 2.52 bits per heavy atom. The molecular weight excluding hydrogens is 361 g/mol. The Morgan fingerprint density at radius 2 is 1.96 bits per heavy atom. The molecule has 1 aromatic carbocycles. The minimum absolute atomic E-state index is 0.0382. The van der Waals surface area contributed by atoms with Crippen LogP contribution in [0.1, 0.15) is 42.4 Å². The van der Waals surface area contributed by atoms with Gasteiger partial charge in [0, 0.05) is 12.0 Å². The molecule has 0 spiro atoms. The number of hydrogen-bond acceptors (Lipinski definition) is 5. The molecule has 0 bridgehead atoms. The number of halogens is 3. The summed E-state index contributed by atoms with van der Waals surface area (Å²) in [5.41, 5.74) is -3.52. The van der Waals surface area contributed by atoms with Crippen molar-refractivity contribution in [1.29, 1.82) is 0 Å². The van der Waals surface area contributed by atoms with Crippen molar-refractivity contribution < 1.29 is 35.3 Å². The molecule has 2 aliphatic carbocycles. The van der Waals surface area contributed by atoms with Crippen LogP contribution in [0.3, 0.4) is 0 Å². The number of fused-ring (bicyclic) bond motifs is 1. The topological polar surface area (TPSA) is 69.7 Å². The number of benzene rings is 1. The lowest BCUT2D eigenvalue weighted by molar-refractivity contribution is -0.138. The quantitative estimate of drug-likeness (QED) is 0.448. The molecule has 3 rings (SSSR count). The molecule has 5 nitrogen and oxygen atoms in total. The van der Waals surface area contributed by atoms with Crippen molar-refractivity contribution in [2.24, 2.45) is 0 Å². The van der Waals surface area contributed by atoms with Crippen LogP contribution in [-0.4, -0.2) is 26.5 Å². The second kappa shape index (κ2) is 6.05. The monoisotopic (exact) mass is 376 g/mol. The van der Waals surface area contributed by atoms with Gasteiger partial charge in [-0.3, -0.25) is 0 Å². The smallest absolute Gasteiger partial charge is 0.463 e. The molecule has 0 unspecified atom stereocenters. The van der Waals surface area contributed by atoms with Crippen molar-refractivity contribution in [2.45, 2.75) is 37.6 Å². The van der Waals surface area contributed by atoms with Gasteiger partial charge < -0.3 is 8.92 Å². The first kappa shape index (κ1) is 17.8. The Morgan fingerprint density at radius 1 is 1.28 bits per heavy atom. The third kappa shape index (κ3) is 3.51. The molecule has 1 saturated carbocycles. The Kier molecular flexibility index (Phi) is 4.30. The highest BCUT2D eigenvalue weighted by atomic mass is 32.2. The molecule has 9 heteroatoms. The van der Waals surface area contributed by atoms with E-state index in [2.05, 4.69) is 4.18 Å². The summed E-state index contributed by atoms with van der Waals surface area (Å²) in [4.78, 5) is 11.8. The summed E-state index contributed by atoms with van der Waals surface area (Å²) in [6, 6.07) is 2.87. The van der Waals surface area contributed by atoms with Gasteiger partial charge in [0.25, 0.3) is 0 Å². The Bertz CT molecular complexity index is 851. The lowest BCUT2D eigenvalue weighted by atomic mass is 10.0. The van der Waals surface area contributed by atoms with Crippen molar-refractivity contribution >= 4 is 22.2 Å². The van der Waals surface area contributed by atoms with Crippen LogP contribution in [-0.2, 0) is 26.1 Å². The van der Waals surface area contributed by atoms with Gasteiger partial charge in [-0.25, -0.2) is 4.79 Å². The Hall–Kier alpha value is -2.03. The van der Waals surface area contributed by atoms with Gasteiger partial charge in [-0.2, -0.15) is 21.6 Å². The van der Waals surface area contributed by atoms with Crippen LogP contribution in [0.25, 0.3) is 6.08 Å². The fraction of sp³-hybridized carbons (Fsp3) is 0.438. The van der Waals surface area contributed by atoms with Crippen molar-refractivity contribution in [2.75, 3.05) is 6.61 Å². The number of hydrogen-bond donors (Lipinski definition) is 0. The number of carbonyl (C=O) groups excluding carboxylic acids is 1. The van der Waals surface area contributed by atoms with E-state index < -0.39 is 21.6 Å². The number of alkyl halides is 3. The van der Waals surface area contributed by atoms with Gasteiger partial charge in [0.15, 0.2) is 0 Å². The van der Waals surface area contributed by atoms with Crippen LogP contribution in [0.15, 0.2) is 17.7 Å². The third-order valence-electron chi connectivity index (χ3n) is 4.02. The first-order chi connectivity index (χ1) is 11.6. The van der Waals surface area contributed by atoms with Crippen molar-refractivity contribution in [1.82, 2.24) is 0 Å². The maximum atomic E-state index is 12.6. The minimum atomic E-state index is -5.74. The normalized spacial score (nSPS) is 17.0.